The number of likely N-dealkylation sites (tertiary alicyclic amines) is 1. The highest BCUT2D eigenvalue weighted by Crippen LogP contribution is 2.43. The second-order valence-electron chi connectivity index (χ2n) is 13.0. The van der Waals surface area contributed by atoms with Gasteiger partial charge in [-0.2, -0.15) is 5.10 Å². The van der Waals surface area contributed by atoms with E-state index in [4.69, 9.17) is 5.73 Å². The summed E-state index contributed by atoms with van der Waals surface area (Å²) in [5.41, 5.74) is 9.14. The van der Waals surface area contributed by atoms with Crippen molar-refractivity contribution in [2.75, 3.05) is 54.8 Å². The summed E-state index contributed by atoms with van der Waals surface area (Å²) < 4.78 is 1.24. The molecule has 4 saturated heterocycles. The van der Waals surface area contributed by atoms with Gasteiger partial charge in [0, 0.05) is 61.1 Å². The Morgan fingerprint density at radius 2 is 1.44 bits per heavy atom. The molecule has 7 rings (SSSR count). The van der Waals surface area contributed by atoms with Crippen molar-refractivity contribution in [1.82, 2.24) is 20.0 Å². The van der Waals surface area contributed by atoms with Crippen LogP contribution in [0.1, 0.15) is 57.4 Å². The highest BCUT2D eigenvalue weighted by atomic mass is 16.2. The van der Waals surface area contributed by atoms with Crippen LogP contribution in [0.15, 0.2) is 53.5 Å². The molecule has 4 aliphatic rings. The van der Waals surface area contributed by atoms with Gasteiger partial charge in [-0.15, -0.1) is 0 Å². The van der Waals surface area contributed by atoms with Crippen molar-refractivity contribution < 1.29 is 9.59 Å². The zero-order valence-electron chi connectivity index (χ0n) is 24.7. The van der Waals surface area contributed by atoms with E-state index in [1.807, 2.05) is 24.3 Å². The van der Waals surface area contributed by atoms with Gasteiger partial charge < -0.3 is 20.4 Å². The number of imide groups is 1. The summed E-state index contributed by atoms with van der Waals surface area (Å²) in [7, 11) is 0. The van der Waals surface area contributed by atoms with Crippen LogP contribution >= 0.6 is 0 Å². The molecule has 2 amide bonds. The molecule has 0 radical (unpaired) electrons. The van der Waals surface area contributed by atoms with Crippen molar-refractivity contribution in [3.8, 4) is 0 Å². The van der Waals surface area contributed by atoms with E-state index in [0.29, 0.717) is 16.8 Å². The minimum absolute atomic E-state index is 0.208. The maximum absolute atomic E-state index is 13.4. The third kappa shape index (κ3) is 5.48. The number of carbonyl (C=O) groups is 2. The Morgan fingerprint density at radius 3 is 2.14 bits per heavy atom. The predicted molar refractivity (Wildman–Crippen MR) is 168 cm³/mol. The largest absolute Gasteiger partial charge is 0.399 e. The first-order valence-corrected chi connectivity index (χ1v) is 15.8. The summed E-state index contributed by atoms with van der Waals surface area (Å²) in [4.78, 5) is 45.0. The number of aromatic nitrogens is 2. The van der Waals surface area contributed by atoms with Crippen LogP contribution in [0.2, 0.25) is 0 Å². The van der Waals surface area contributed by atoms with Gasteiger partial charge in [0.25, 0.3) is 11.5 Å². The second kappa shape index (κ2) is 11.3. The Bertz CT molecular complexity index is 1560. The Morgan fingerprint density at radius 1 is 0.791 bits per heavy atom. The average Bonchev–Trinajstić information content (AvgIpc) is 3.03. The van der Waals surface area contributed by atoms with E-state index in [1.54, 1.807) is 6.20 Å². The summed E-state index contributed by atoms with van der Waals surface area (Å²) in [5, 5.41) is 7.93. The smallest absolute Gasteiger partial charge is 0.275 e. The van der Waals surface area contributed by atoms with E-state index in [-0.39, 0.29) is 24.3 Å². The fourth-order valence-corrected chi connectivity index (χ4v) is 7.75. The zero-order chi connectivity index (χ0) is 29.6. The Hall–Kier alpha value is -3.92. The number of anilines is 3. The lowest BCUT2D eigenvalue weighted by Crippen LogP contribution is -2.52. The fourth-order valence-electron chi connectivity index (χ4n) is 7.75. The molecule has 1 unspecified atom stereocenters. The first-order valence-electron chi connectivity index (χ1n) is 15.8. The lowest BCUT2D eigenvalue weighted by molar-refractivity contribution is -0.136. The van der Waals surface area contributed by atoms with Crippen LogP contribution < -0.4 is 26.4 Å². The maximum Gasteiger partial charge on any atom is 0.275 e. The molecule has 1 aromatic heterocycles. The summed E-state index contributed by atoms with van der Waals surface area (Å²) >= 11 is 0. The lowest BCUT2D eigenvalue weighted by atomic mass is 9.71. The molecular weight excluding hydrogens is 542 g/mol. The van der Waals surface area contributed by atoms with Crippen molar-refractivity contribution in [1.29, 1.82) is 0 Å². The van der Waals surface area contributed by atoms with Crippen LogP contribution in [0.4, 0.5) is 17.1 Å². The molecule has 10 heteroatoms. The molecule has 2 aromatic carbocycles. The molecule has 4 fully saturated rings. The Kier molecular flexibility index (Phi) is 7.33. The number of nitrogens with two attached hydrogens (primary N) is 1. The number of amides is 2. The molecular formula is C33H41N7O3. The number of benzene rings is 2. The number of fused-ring (bicyclic) bond motifs is 1. The van der Waals surface area contributed by atoms with Crippen LogP contribution in [0.5, 0.6) is 0 Å². The molecule has 0 bridgehead atoms. The van der Waals surface area contributed by atoms with Gasteiger partial charge in [0.1, 0.15) is 6.04 Å². The van der Waals surface area contributed by atoms with E-state index in [2.05, 4.69) is 43.3 Å². The second-order valence-corrected chi connectivity index (χ2v) is 13.0. The van der Waals surface area contributed by atoms with Crippen LogP contribution in [-0.4, -0.2) is 71.8 Å². The van der Waals surface area contributed by atoms with Crippen LogP contribution in [0.25, 0.3) is 10.8 Å². The van der Waals surface area contributed by atoms with Gasteiger partial charge in [0.15, 0.2) is 0 Å². The van der Waals surface area contributed by atoms with Gasteiger partial charge in [-0.25, -0.2) is 4.68 Å². The number of nitrogen functional groups attached to an aromatic ring is 1. The molecule has 4 aliphatic heterocycles. The summed E-state index contributed by atoms with van der Waals surface area (Å²) in [6, 6.07) is 14.2. The zero-order valence-corrected chi connectivity index (χ0v) is 24.7. The van der Waals surface area contributed by atoms with Crippen molar-refractivity contribution in [3.05, 3.63) is 59.0 Å². The minimum Gasteiger partial charge on any atom is -0.399 e. The molecule has 0 saturated carbocycles. The minimum atomic E-state index is -0.754. The maximum atomic E-state index is 13.4. The Balaban J connectivity index is 0.953. The molecule has 43 heavy (non-hydrogen) atoms. The molecule has 0 aliphatic carbocycles. The number of piperidine rings is 4. The van der Waals surface area contributed by atoms with Gasteiger partial charge in [0.05, 0.1) is 11.6 Å². The van der Waals surface area contributed by atoms with E-state index in [0.717, 1.165) is 42.9 Å². The van der Waals surface area contributed by atoms with Crippen molar-refractivity contribution in [3.63, 3.8) is 0 Å². The number of nitrogens with zero attached hydrogens (tertiary/aromatic N) is 5. The molecule has 1 spiro atoms. The molecule has 226 valence electrons. The topological polar surface area (TPSA) is 117 Å². The van der Waals surface area contributed by atoms with Crippen molar-refractivity contribution in [2.45, 2.75) is 63.5 Å². The Labute approximate surface area is 251 Å². The molecule has 10 nitrogen and oxygen atoms in total. The van der Waals surface area contributed by atoms with Crippen LogP contribution in [-0.2, 0) is 9.59 Å². The number of rotatable bonds is 4. The average molecular weight is 584 g/mol. The van der Waals surface area contributed by atoms with Gasteiger partial charge in [-0.1, -0.05) is 6.07 Å². The number of hydrogen-bond donors (Lipinski definition) is 2. The quantitative estimate of drug-likeness (QED) is 0.355. The summed E-state index contributed by atoms with van der Waals surface area (Å²) in [6.07, 6.45) is 9.44. The SMILES string of the molecule is Nc1ccc(N2CCC(N3CCC4(CCN(c5ccc6cnn(C7CCC(=O)NC7=O)c(=O)c6c5)CC4)CC3)CC2)cc1. The standard InChI is InChI=1S/C33H41N7O3/c34-24-2-5-25(6-3-24)37-15-9-26(10-16-37)38-17-11-33(12-18-38)13-19-39(20-14-33)27-4-1-23-22-35-40(32(43)28(23)21-27)29-7-8-30(41)36-31(29)42/h1-6,21-22,26,29H,7-20,34H2,(H,36,41,42). The molecule has 3 N–H and O–H groups in total. The number of nitrogens with one attached hydrogen (secondary N) is 1. The number of carbonyl (C=O) groups excluding carboxylic acids is 2. The van der Waals surface area contributed by atoms with Crippen LogP contribution in [0.3, 0.4) is 0 Å². The lowest BCUT2D eigenvalue weighted by Gasteiger charge is -2.50. The monoisotopic (exact) mass is 583 g/mol. The van der Waals surface area contributed by atoms with Gasteiger partial charge >= 0.3 is 0 Å². The van der Waals surface area contributed by atoms with Crippen molar-refractivity contribution in [2.24, 2.45) is 5.41 Å². The van der Waals surface area contributed by atoms with E-state index >= 15 is 0 Å². The number of hydrogen-bond acceptors (Lipinski definition) is 8. The molecule has 1 atom stereocenters. The highest BCUT2D eigenvalue weighted by Gasteiger charge is 2.39. The highest BCUT2D eigenvalue weighted by molar-refractivity contribution is 5.99. The van der Waals surface area contributed by atoms with E-state index in [1.165, 1.54) is 62.0 Å². The third-order valence-electron chi connectivity index (χ3n) is 10.6. The summed E-state index contributed by atoms with van der Waals surface area (Å²) in [6.45, 7) is 6.55. The normalized spacial score (nSPS) is 23.6. The van der Waals surface area contributed by atoms with Crippen molar-refractivity contribution >= 4 is 39.6 Å². The van der Waals surface area contributed by atoms with Crippen LogP contribution in [0, 0.1) is 5.41 Å². The van der Waals surface area contributed by atoms with E-state index < -0.39 is 11.9 Å². The molecule has 5 heterocycles. The third-order valence-corrected chi connectivity index (χ3v) is 10.6. The van der Waals surface area contributed by atoms with Gasteiger partial charge in [-0.3, -0.25) is 19.7 Å². The molecule has 3 aromatic rings. The first-order chi connectivity index (χ1) is 20.9. The first kappa shape index (κ1) is 27.9. The summed E-state index contributed by atoms with van der Waals surface area (Å²) in [5.74, 6) is -0.765. The van der Waals surface area contributed by atoms with Gasteiger partial charge in [0.2, 0.25) is 5.91 Å². The fraction of sp³-hybridized carbons (Fsp3) is 0.515. The van der Waals surface area contributed by atoms with E-state index in [9.17, 15) is 14.4 Å². The predicted octanol–water partition coefficient (Wildman–Crippen LogP) is 3.31. The van der Waals surface area contributed by atoms with Gasteiger partial charge in [-0.05, 0) is 99.8 Å².